The second kappa shape index (κ2) is 9.20. The van der Waals surface area contributed by atoms with E-state index in [1.165, 1.54) is 6.08 Å². The predicted molar refractivity (Wildman–Crippen MR) is 114 cm³/mol. The highest BCUT2D eigenvalue weighted by Crippen LogP contribution is 2.12. The van der Waals surface area contributed by atoms with Gasteiger partial charge in [-0.3, -0.25) is 9.52 Å². The van der Waals surface area contributed by atoms with Crippen molar-refractivity contribution in [2.24, 2.45) is 0 Å². The van der Waals surface area contributed by atoms with Gasteiger partial charge >= 0.3 is 0 Å². The van der Waals surface area contributed by atoms with E-state index in [1.54, 1.807) is 41.2 Å². The summed E-state index contributed by atoms with van der Waals surface area (Å²) in [6, 6.07) is 16.6. The number of carbonyl (C=O) groups is 1. The molecule has 29 heavy (non-hydrogen) atoms. The Morgan fingerprint density at radius 2 is 1.83 bits per heavy atom. The van der Waals surface area contributed by atoms with Gasteiger partial charge in [-0.05, 0) is 47.9 Å². The lowest BCUT2D eigenvalue weighted by atomic mass is 10.2. The van der Waals surface area contributed by atoms with Crippen LogP contribution in [0.5, 0.6) is 0 Å². The Kier molecular flexibility index (Phi) is 6.46. The molecule has 0 radical (unpaired) electrons. The van der Waals surface area contributed by atoms with Crippen LogP contribution in [-0.4, -0.2) is 36.9 Å². The van der Waals surface area contributed by atoms with Gasteiger partial charge in [0.05, 0.1) is 18.1 Å². The van der Waals surface area contributed by atoms with Crippen molar-refractivity contribution in [3.63, 3.8) is 0 Å². The lowest BCUT2D eigenvalue weighted by Gasteiger charge is -2.03. The van der Waals surface area contributed by atoms with Gasteiger partial charge in [0, 0.05) is 24.5 Å². The molecule has 0 saturated heterocycles. The summed E-state index contributed by atoms with van der Waals surface area (Å²) >= 11 is 0. The molecule has 1 aromatic heterocycles. The van der Waals surface area contributed by atoms with Crippen molar-refractivity contribution < 1.29 is 13.2 Å². The van der Waals surface area contributed by atoms with E-state index in [1.807, 2.05) is 36.5 Å². The minimum Gasteiger partial charge on any atom is -0.352 e. The Morgan fingerprint density at radius 3 is 2.52 bits per heavy atom. The SMILES string of the molecule is CS(=O)(=O)Nc1ccc(C=CC(=O)NCCc2cnn(-c3ccccc3)c2)cc1. The van der Waals surface area contributed by atoms with Gasteiger partial charge in [-0.15, -0.1) is 0 Å². The Labute approximate surface area is 170 Å². The van der Waals surface area contributed by atoms with Gasteiger partial charge in [0.25, 0.3) is 0 Å². The van der Waals surface area contributed by atoms with Crippen LogP contribution in [0.3, 0.4) is 0 Å². The minimum absolute atomic E-state index is 0.196. The average Bonchev–Trinajstić information content (AvgIpc) is 3.16. The van der Waals surface area contributed by atoms with Crippen molar-refractivity contribution in [2.45, 2.75) is 6.42 Å². The molecule has 3 aromatic rings. The molecule has 0 aliphatic rings. The van der Waals surface area contributed by atoms with E-state index < -0.39 is 10.0 Å². The zero-order chi connectivity index (χ0) is 20.7. The average molecular weight is 410 g/mol. The number of nitrogens with one attached hydrogen (secondary N) is 2. The lowest BCUT2D eigenvalue weighted by molar-refractivity contribution is -0.116. The fraction of sp³-hybridized carbons (Fsp3) is 0.143. The number of benzene rings is 2. The van der Waals surface area contributed by atoms with Gasteiger partial charge in [0.2, 0.25) is 15.9 Å². The molecule has 0 spiro atoms. The van der Waals surface area contributed by atoms with Gasteiger partial charge < -0.3 is 5.32 Å². The summed E-state index contributed by atoms with van der Waals surface area (Å²) in [5.74, 6) is -0.196. The van der Waals surface area contributed by atoms with Crippen LogP contribution in [-0.2, 0) is 21.2 Å². The molecule has 8 heteroatoms. The Hall–Kier alpha value is -3.39. The van der Waals surface area contributed by atoms with Crippen molar-refractivity contribution in [1.29, 1.82) is 0 Å². The Balaban J connectivity index is 1.46. The number of rotatable bonds is 8. The van der Waals surface area contributed by atoms with Gasteiger partial charge in [-0.1, -0.05) is 30.3 Å². The number of aromatic nitrogens is 2. The molecular weight excluding hydrogens is 388 g/mol. The lowest BCUT2D eigenvalue weighted by Crippen LogP contribution is -2.23. The number of hydrogen-bond acceptors (Lipinski definition) is 4. The molecule has 0 fully saturated rings. The van der Waals surface area contributed by atoms with E-state index in [2.05, 4.69) is 15.1 Å². The first-order valence-corrected chi connectivity index (χ1v) is 10.9. The summed E-state index contributed by atoms with van der Waals surface area (Å²) in [4.78, 5) is 12.0. The first kappa shape index (κ1) is 20.3. The monoisotopic (exact) mass is 410 g/mol. The number of sulfonamides is 1. The predicted octanol–water partition coefficient (Wildman–Crippen LogP) is 2.62. The van der Waals surface area contributed by atoms with Crippen LogP contribution in [0, 0.1) is 0 Å². The highest BCUT2D eigenvalue weighted by atomic mass is 32.2. The number of amides is 1. The first-order valence-electron chi connectivity index (χ1n) is 9.02. The maximum Gasteiger partial charge on any atom is 0.244 e. The fourth-order valence-corrected chi connectivity index (χ4v) is 3.21. The number of carbonyl (C=O) groups excluding carboxylic acids is 1. The summed E-state index contributed by atoms with van der Waals surface area (Å²) in [6.45, 7) is 0.501. The molecule has 0 atom stereocenters. The van der Waals surface area contributed by atoms with Crippen molar-refractivity contribution in [3.8, 4) is 5.69 Å². The Bertz CT molecular complexity index is 1090. The van der Waals surface area contributed by atoms with E-state index >= 15 is 0 Å². The second-order valence-electron chi connectivity index (χ2n) is 6.50. The van der Waals surface area contributed by atoms with Crippen LogP contribution in [0.4, 0.5) is 5.69 Å². The standard InChI is InChI=1S/C21H22N4O3S/c1-29(27,28)24-19-10-7-17(8-11-19)9-12-21(26)22-14-13-18-15-23-25(16-18)20-5-3-2-4-6-20/h2-12,15-16,24H,13-14H2,1H3,(H,22,26). The van der Waals surface area contributed by atoms with Crippen LogP contribution in [0.25, 0.3) is 11.8 Å². The van der Waals surface area contributed by atoms with E-state index in [0.29, 0.717) is 18.7 Å². The summed E-state index contributed by atoms with van der Waals surface area (Å²) in [5.41, 5.74) is 3.30. The van der Waals surface area contributed by atoms with E-state index in [-0.39, 0.29) is 5.91 Å². The van der Waals surface area contributed by atoms with Crippen LogP contribution in [0.1, 0.15) is 11.1 Å². The molecule has 150 valence electrons. The van der Waals surface area contributed by atoms with Crippen LogP contribution in [0.15, 0.2) is 73.1 Å². The zero-order valence-electron chi connectivity index (χ0n) is 15.9. The van der Waals surface area contributed by atoms with Crippen LogP contribution >= 0.6 is 0 Å². The molecule has 0 saturated carbocycles. The second-order valence-corrected chi connectivity index (χ2v) is 8.25. The maximum absolute atomic E-state index is 12.0. The number of nitrogens with zero attached hydrogens (tertiary/aromatic N) is 2. The van der Waals surface area contributed by atoms with Crippen molar-refractivity contribution >= 4 is 27.7 Å². The van der Waals surface area contributed by atoms with Gasteiger partial charge in [-0.2, -0.15) is 5.10 Å². The van der Waals surface area contributed by atoms with Crippen LogP contribution in [0.2, 0.25) is 0 Å². The third-order valence-corrected chi connectivity index (χ3v) is 4.62. The quantitative estimate of drug-likeness (QED) is 0.558. The summed E-state index contributed by atoms with van der Waals surface area (Å²) in [7, 11) is -3.30. The molecule has 2 aromatic carbocycles. The minimum atomic E-state index is -3.30. The number of anilines is 1. The van der Waals surface area contributed by atoms with Gasteiger partial charge in [-0.25, -0.2) is 13.1 Å². The smallest absolute Gasteiger partial charge is 0.244 e. The summed E-state index contributed by atoms with van der Waals surface area (Å²) in [6.07, 6.45) is 8.64. The molecule has 1 heterocycles. The normalized spacial score (nSPS) is 11.5. The molecule has 0 bridgehead atoms. The van der Waals surface area contributed by atoms with E-state index in [0.717, 1.165) is 23.1 Å². The van der Waals surface area contributed by atoms with Gasteiger partial charge in [0.1, 0.15) is 0 Å². The topological polar surface area (TPSA) is 93.1 Å². The molecule has 0 aliphatic heterocycles. The highest BCUT2D eigenvalue weighted by Gasteiger charge is 2.03. The Morgan fingerprint density at radius 1 is 1.10 bits per heavy atom. The van der Waals surface area contributed by atoms with Gasteiger partial charge in [0.15, 0.2) is 0 Å². The largest absolute Gasteiger partial charge is 0.352 e. The molecule has 2 N–H and O–H groups in total. The molecule has 1 amide bonds. The van der Waals surface area contributed by atoms with Crippen LogP contribution < -0.4 is 10.0 Å². The number of para-hydroxylation sites is 1. The maximum atomic E-state index is 12.0. The van der Waals surface area contributed by atoms with Crippen molar-refractivity contribution in [3.05, 3.63) is 84.2 Å². The van der Waals surface area contributed by atoms with Crippen molar-refractivity contribution in [1.82, 2.24) is 15.1 Å². The molecular formula is C21H22N4O3S. The third kappa shape index (κ3) is 6.62. The van der Waals surface area contributed by atoms with E-state index in [4.69, 9.17) is 0 Å². The summed E-state index contributed by atoms with van der Waals surface area (Å²) in [5, 5.41) is 7.18. The van der Waals surface area contributed by atoms with Crippen molar-refractivity contribution in [2.75, 3.05) is 17.5 Å². The fourth-order valence-electron chi connectivity index (χ4n) is 2.65. The zero-order valence-corrected chi connectivity index (χ0v) is 16.8. The molecule has 7 nitrogen and oxygen atoms in total. The number of hydrogen-bond donors (Lipinski definition) is 2. The first-order chi connectivity index (χ1) is 13.9. The van der Waals surface area contributed by atoms with E-state index in [9.17, 15) is 13.2 Å². The summed E-state index contributed by atoms with van der Waals surface area (Å²) < 4.78 is 26.6. The molecule has 0 aliphatic carbocycles. The third-order valence-electron chi connectivity index (χ3n) is 4.01. The highest BCUT2D eigenvalue weighted by molar-refractivity contribution is 7.92. The molecule has 0 unspecified atom stereocenters. The molecule has 3 rings (SSSR count).